The molecule has 0 amide bonds. The van der Waals surface area contributed by atoms with Gasteiger partial charge in [-0.15, -0.1) is 11.3 Å². The zero-order valence-corrected chi connectivity index (χ0v) is 16.2. The fourth-order valence-corrected chi connectivity index (χ4v) is 4.36. The van der Waals surface area contributed by atoms with E-state index in [1.54, 1.807) is 11.3 Å². The Balaban J connectivity index is 1.68. The summed E-state index contributed by atoms with van der Waals surface area (Å²) in [7, 11) is 0. The van der Waals surface area contributed by atoms with Crippen molar-refractivity contribution in [3.05, 3.63) is 68.0 Å². The molecule has 0 spiro atoms. The molecule has 3 aromatic rings. The first-order chi connectivity index (χ1) is 12.0. The third-order valence-electron chi connectivity index (χ3n) is 3.51. The van der Waals surface area contributed by atoms with Gasteiger partial charge in [-0.1, -0.05) is 35.5 Å². The second-order valence-corrected chi connectivity index (χ2v) is 7.82. The highest BCUT2D eigenvalue weighted by atomic mass is 35.5. The lowest BCUT2D eigenvalue weighted by Crippen LogP contribution is -1.99. The summed E-state index contributed by atoms with van der Waals surface area (Å²) < 4.78 is 0. The molecule has 2 aromatic heterocycles. The quantitative estimate of drug-likeness (QED) is 0.458. The van der Waals surface area contributed by atoms with Gasteiger partial charge in [-0.25, -0.2) is 15.0 Å². The number of nitrogens with zero attached hydrogens (tertiary/aromatic N) is 4. The van der Waals surface area contributed by atoms with E-state index in [2.05, 4.69) is 26.4 Å². The largest absolute Gasteiger partial charge is 0.245 e. The van der Waals surface area contributed by atoms with Gasteiger partial charge in [0, 0.05) is 22.6 Å². The van der Waals surface area contributed by atoms with E-state index in [0.717, 1.165) is 32.9 Å². The maximum atomic E-state index is 9.31. The predicted molar refractivity (Wildman–Crippen MR) is 102 cm³/mol. The third kappa shape index (κ3) is 4.57. The molecule has 1 aromatic carbocycles. The van der Waals surface area contributed by atoms with Crippen LogP contribution in [-0.4, -0.2) is 15.0 Å². The van der Waals surface area contributed by atoms with E-state index in [1.807, 2.05) is 38.1 Å². The number of rotatable bonds is 5. The molecule has 0 fully saturated rings. The number of hydrogen-bond acceptors (Lipinski definition) is 6. The van der Waals surface area contributed by atoms with Crippen LogP contribution in [0.5, 0.6) is 0 Å². The molecule has 25 heavy (non-hydrogen) atoms. The van der Waals surface area contributed by atoms with Gasteiger partial charge in [-0.2, -0.15) is 5.26 Å². The van der Waals surface area contributed by atoms with E-state index in [9.17, 15) is 5.26 Å². The monoisotopic (exact) mass is 386 g/mol. The molecule has 0 unspecified atom stereocenters. The molecule has 0 bridgehead atoms. The maximum Gasteiger partial charge on any atom is 0.126 e. The number of thiazole rings is 1. The molecule has 0 N–H and O–H groups in total. The molecule has 0 aliphatic heterocycles. The van der Waals surface area contributed by atoms with Crippen molar-refractivity contribution in [2.45, 2.75) is 31.0 Å². The van der Waals surface area contributed by atoms with Crippen molar-refractivity contribution in [1.82, 2.24) is 15.0 Å². The highest BCUT2D eigenvalue weighted by Crippen LogP contribution is 2.27. The van der Waals surface area contributed by atoms with E-state index in [0.29, 0.717) is 17.1 Å². The second-order valence-electron chi connectivity index (χ2n) is 5.47. The average Bonchev–Trinajstić information content (AvgIpc) is 3.02. The van der Waals surface area contributed by atoms with Gasteiger partial charge in [-0.3, -0.25) is 0 Å². The van der Waals surface area contributed by atoms with Gasteiger partial charge in [0.2, 0.25) is 0 Å². The Hall–Kier alpha value is -1.94. The number of hydrogen-bond donors (Lipinski definition) is 0. The predicted octanol–water partition coefficient (Wildman–Crippen LogP) is 4.96. The molecule has 4 nitrogen and oxygen atoms in total. The van der Waals surface area contributed by atoms with Crippen molar-refractivity contribution in [3.8, 4) is 6.07 Å². The number of aromatic nitrogens is 3. The van der Waals surface area contributed by atoms with Gasteiger partial charge >= 0.3 is 0 Å². The van der Waals surface area contributed by atoms with E-state index in [-0.39, 0.29) is 0 Å². The topological polar surface area (TPSA) is 62.5 Å². The van der Waals surface area contributed by atoms with Gasteiger partial charge in [-0.05, 0) is 31.5 Å². The van der Waals surface area contributed by atoms with E-state index in [4.69, 9.17) is 11.6 Å². The summed E-state index contributed by atoms with van der Waals surface area (Å²) in [6.07, 6.45) is 0.793. The van der Waals surface area contributed by atoms with Gasteiger partial charge in [0.15, 0.2) is 0 Å². The summed E-state index contributed by atoms with van der Waals surface area (Å²) in [5, 5.41) is 13.9. The Kier molecular flexibility index (Phi) is 5.69. The SMILES string of the molecule is Cc1nc(C)c(C#N)c(SCc2csc(Cc3ccc(Cl)cc3)n2)n1. The summed E-state index contributed by atoms with van der Waals surface area (Å²) in [5.41, 5.74) is 3.45. The van der Waals surface area contributed by atoms with Crippen LogP contribution in [-0.2, 0) is 12.2 Å². The van der Waals surface area contributed by atoms with E-state index in [1.165, 1.54) is 17.3 Å². The van der Waals surface area contributed by atoms with Crippen LogP contribution in [0.25, 0.3) is 0 Å². The summed E-state index contributed by atoms with van der Waals surface area (Å²) >= 11 is 9.09. The summed E-state index contributed by atoms with van der Waals surface area (Å²) in [4.78, 5) is 13.3. The molecule has 7 heteroatoms. The van der Waals surface area contributed by atoms with Crippen molar-refractivity contribution >= 4 is 34.7 Å². The first-order valence-electron chi connectivity index (χ1n) is 7.61. The molecule has 0 atom stereocenters. The lowest BCUT2D eigenvalue weighted by molar-refractivity contribution is 0.922. The maximum absolute atomic E-state index is 9.31. The number of thioether (sulfide) groups is 1. The Morgan fingerprint density at radius 3 is 2.64 bits per heavy atom. The minimum atomic E-state index is 0.548. The lowest BCUT2D eigenvalue weighted by atomic mass is 10.2. The first kappa shape index (κ1) is 17.9. The molecule has 126 valence electrons. The van der Waals surface area contributed by atoms with Crippen molar-refractivity contribution in [2.75, 3.05) is 0 Å². The van der Waals surface area contributed by atoms with Crippen LogP contribution in [0.1, 0.15) is 33.3 Å². The number of aryl methyl sites for hydroxylation is 2. The Morgan fingerprint density at radius 1 is 1.16 bits per heavy atom. The standard InChI is InChI=1S/C18H15ClN4S2/c1-11-16(8-20)18(22-12(2)21-11)25-10-15-9-24-17(23-15)7-13-3-5-14(19)6-4-13/h3-6,9H,7,10H2,1-2H3. The zero-order chi connectivity index (χ0) is 17.8. The van der Waals surface area contributed by atoms with Gasteiger partial charge < -0.3 is 0 Å². The fraction of sp³-hybridized carbons (Fsp3) is 0.222. The molecular formula is C18H15ClN4S2. The Bertz CT molecular complexity index is 929. The molecule has 0 saturated carbocycles. The van der Waals surface area contributed by atoms with Crippen LogP contribution in [0, 0.1) is 25.2 Å². The van der Waals surface area contributed by atoms with Crippen LogP contribution in [0.15, 0.2) is 34.7 Å². The molecule has 2 heterocycles. The number of benzene rings is 1. The van der Waals surface area contributed by atoms with Gasteiger partial charge in [0.25, 0.3) is 0 Å². The van der Waals surface area contributed by atoms with Crippen molar-refractivity contribution in [2.24, 2.45) is 0 Å². The highest BCUT2D eigenvalue weighted by molar-refractivity contribution is 7.98. The van der Waals surface area contributed by atoms with E-state index >= 15 is 0 Å². The van der Waals surface area contributed by atoms with Crippen LogP contribution >= 0.6 is 34.7 Å². The van der Waals surface area contributed by atoms with Crippen molar-refractivity contribution in [1.29, 1.82) is 5.26 Å². The normalized spacial score (nSPS) is 10.6. The second kappa shape index (κ2) is 7.96. The first-order valence-corrected chi connectivity index (χ1v) is 9.85. The summed E-state index contributed by atoms with van der Waals surface area (Å²) in [6, 6.07) is 10.0. The van der Waals surface area contributed by atoms with Crippen molar-refractivity contribution < 1.29 is 0 Å². The Labute approximate surface area is 159 Å². The molecule has 0 saturated heterocycles. The average molecular weight is 387 g/mol. The lowest BCUT2D eigenvalue weighted by Gasteiger charge is -2.05. The zero-order valence-electron chi connectivity index (χ0n) is 13.8. The van der Waals surface area contributed by atoms with Crippen molar-refractivity contribution in [3.63, 3.8) is 0 Å². The van der Waals surface area contributed by atoms with Gasteiger partial charge in [0.05, 0.1) is 16.4 Å². The summed E-state index contributed by atoms with van der Waals surface area (Å²) in [5.74, 6) is 1.36. The number of nitriles is 1. The third-order valence-corrected chi connectivity index (χ3v) is 5.66. The van der Waals surface area contributed by atoms with Crippen LogP contribution in [0.2, 0.25) is 5.02 Å². The molecule has 0 aliphatic carbocycles. The molecule has 0 radical (unpaired) electrons. The minimum absolute atomic E-state index is 0.548. The van der Waals surface area contributed by atoms with E-state index < -0.39 is 0 Å². The molecular weight excluding hydrogens is 372 g/mol. The smallest absolute Gasteiger partial charge is 0.126 e. The number of halogens is 1. The van der Waals surface area contributed by atoms with Gasteiger partial charge in [0.1, 0.15) is 22.5 Å². The minimum Gasteiger partial charge on any atom is -0.245 e. The van der Waals surface area contributed by atoms with Crippen LogP contribution in [0.3, 0.4) is 0 Å². The fourth-order valence-electron chi connectivity index (χ4n) is 2.33. The summed E-state index contributed by atoms with van der Waals surface area (Å²) in [6.45, 7) is 3.68. The highest BCUT2D eigenvalue weighted by Gasteiger charge is 2.12. The molecule has 3 rings (SSSR count). The van der Waals surface area contributed by atoms with Crippen LogP contribution < -0.4 is 0 Å². The Morgan fingerprint density at radius 2 is 1.92 bits per heavy atom. The molecule has 0 aliphatic rings. The van der Waals surface area contributed by atoms with Crippen LogP contribution in [0.4, 0.5) is 0 Å².